The fraction of sp³-hybridized carbons (Fsp3) is 0.300. The molecule has 0 spiro atoms. The molecule has 0 aromatic heterocycles. The lowest BCUT2D eigenvalue weighted by molar-refractivity contribution is 0.626. The molecule has 0 radical (unpaired) electrons. The van der Waals surface area contributed by atoms with Crippen molar-refractivity contribution in [2.45, 2.75) is 19.4 Å². The zero-order valence-electron chi connectivity index (χ0n) is 8.94. The predicted octanol–water partition coefficient (Wildman–Crippen LogP) is 2.18. The maximum Gasteiger partial charge on any atom is 0.142 e. The topological polar surface area (TPSA) is 62.4 Å². The maximum absolute atomic E-state index is 13.2. The minimum Gasteiger partial charge on any atom is -0.371 e. The number of anilines is 1. The van der Waals surface area contributed by atoms with E-state index in [1.807, 2.05) is 13.8 Å². The van der Waals surface area contributed by atoms with E-state index in [0.717, 1.165) is 0 Å². The molecule has 6 heteroatoms. The average Bonchev–Trinajstić information content (AvgIpc) is 2.14. The third-order valence-electron chi connectivity index (χ3n) is 2.43. The minimum absolute atomic E-state index is 0.255. The molecule has 0 amide bonds. The van der Waals surface area contributed by atoms with Crippen LogP contribution in [0.2, 0.25) is 5.02 Å². The van der Waals surface area contributed by atoms with Crippen molar-refractivity contribution in [2.75, 3.05) is 5.32 Å². The van der Waals surface area contributed by atoms with Gasteiger partial charge in [-0.3, -0.25) is 0 Å². The lowest BCUT2D eigenvalue weighted by Gasteiger charge is -2.33. The number of fused-ring (bicyclic) bond motifs is 1. The average molecular weight is 243 g/mol. The van der Waals surface area contributed by atoms with E-state index < -0.39 is 11.4 Å². The van der Waals surface area contributed by atoms with E-state index in [1.165, 1.54) is 12.1 Å². The Labute approximate surface area is 97.7 Å². The van der Waals surface area contributed by atoms with E-state index in [1.54, 1.807) is 0 Å². The Morgan fingerprint density at radius 2 is 2.19 bits per heavy atom. The van der Waals surface area contributed by atoms with Crippen LogP contribution < -0.4 is 16.6 Å². The number of nitrogens with zero attached hydrogens (tertiary/aromatic N) is 1. The number of amidine groups is 1. The van der Waals surface area contributed by atoms with Crippen LogP contribution >= 0.6 is 11.6 Å². The Morgan fingerprint density at radius 3 is 2.81 bits per heavy atom. The molecule has 0 unspecified atom stereocenters. The van der Waals surface area contributed by atoms with Crippen LogP contribution in [0, 0.1) is 5.82 Å². The van der Waals surface area contributed by atoms with Crippen molar-refractivity contribution in [3.63, 3.8) is 0 Å². The maximum atomic E-state index is 13.2. The highest BCUT2D eigenvalue weighted by Gasteiger charge is 2.30. The first-order valence-electron chi connectivity index (χ1n) is 4.77. The van der Waals surface area contributed by atoms with Gasteiger partial charge in [-0.15, -0.1) is 0 Å². The molecule has 1 aliphatic rings. The highest BCUT2D eigenvalue weighted by Crippen LogP contribution is 2.39. The summed E-state index contributed by atoms with van der Waals surface area (Å²) in [5, 5.41) is 3.38. The summed E-state index contributed by atoms with van der Waals surface area (Å²) in [4.78, 5) is 4.28. The summed E-state index contributed by atoms with van der Waals surface area (Å²) in [5.41, 5.74) is 3.08. The fourth-order valence-corrected chi connectivity index (χ4v) is 1.88. The highest BCUT2D eigenvalue weighted by molar-refractivity contribution is 6.34. The molecular weight excluding hydrogens is 231 g/mol. The first-order chi connectivity index (χ1) is 7.44. The monoisotopic (exact) mass is 242 g/mol. The van der Waals surface area contributed by atoms with Gasteiger partial charge >= 0.3 is 0 Å². The van der Waals surface area contributed by atoms with Crippen molar-refractivity contribution >= 4 is 28.8 Å². The zero-order valence-corrected chi connectivity index (χ0v) is 9.69. The van der Waals surface area contributed by atoms with Gasteiger partial charge in [-0.05, 0) is 26.0 Å². The molecule has 0 fully saturated rings. The van der Waals surface area contributed by atoms with Gasteiger partial charge in [0.25, 0.3) is 0 Å². The van der Waals surface area contributed by atoms with Crippen molar-refractivity contribution in [3.8, 4) is 0 Å². The molecule has 0 aliphatic carbocycles. The molecule has 1 aliphatic heterocycles. The van der Waals surface area contributed by atoms with Gasteiger partial charge in [0, 0.05) is 0 Å². The number of hydrogen-bond donors (Lipinski definition) is 3. The molecule has 2 rings (SSSR count). The lowest BCUT2D eigenvalue weighted by atomic mass is 10.0. The van der Waals surface area contributed by atoms with Crippen LogP contribution in [0.1, 0.15) is 13.8 Å². The Hall–Kier alpha value is -1.33. The third-order valence-corrected chi connectivity index (χ3v) is 2.72. The van der Waals surface area contributed by atoms with E-state index in [9.17, 15) is 4.39 Å². The standard InChI is InChI=1S/C10H12ClFN4/c1-10(2)9(16-13)14-8-6(11)3-5(12)4-7(8)15-10/h3-4,15H,13H2,1-2H3,(H,14,16). The summed E-state index contributed by atoms with van der Waals surface area (Å²) >= 11 is 5.91. The second kappa shape index (κ2) is 3.61. The van der Waals surface area contributed by atoms with E-state index in [0.29, 0.717) is 17.2 Å². The van der Waals surface area contributed by atoms with Gasteiger partial charge < -0.3 is 10.7 Å². The Morgan fingerprint density at radius 1 is 1.50 bits per heavy atom. The first-order valence-corrected chi connectivity index (χ1v) is 5.15. The van der Waals surface area contributed by atoms with Gasteiger partial charge in [0.15, 0.2) is 0 Å². The van der Waals surface area contributed by atoms with E-state index >= 15 is 0 Å². The Bertz CT molecular complexity index is 470. The van der Waals surface area contributed by atoms with Crippen molar-refractivity contribution in [1.82, 2.24) is 5.43 Å². The largest absolute Gasteiger partial charge is 0.371 e. The number of hydrazine groups is 1. The summed E-state index contributed by atoms with van der Waals surface area (Å²) in [6.07, 6.45) is 0. The predicted molar refractivity (Wildman–Crippen MR) is 63.5 cm³/mol. The fourth-order valence-electron chi connectivity index (χ4n) is 1.64. The molecule has 86 valence electrons. The van der Waals surface area contributed by atoms with E-state index in [2.05, 4.69) is 15.7 Å². The van der Waals surface area contributed by atoms with Crippen molar-refractivity contribution < 1.29 is 4.39 Å². The van der Waals surface area contributed by atoms with Crippen LogP contribution in [-0.4, -0.2) is 11.4 Å². The summed E-state index contributed by atoms with van der Waals surface area (Å²) in [5.74, 6) is 5.53. The molecule has 4 N–H and O–H groups in total. The van der Waals surface area contributed by atoms with Gasteiger partial charge in [-0.1, -0.05) is 11.6 Å². The van der Waals surface area contributed by atoms with E-state index in [-0.39, 0.29) is 5.02 Å². The van der Waals surface area contributed by atoms with Crippen LogP contribution in [0.15, 0.2) is 17.1 Å². The van der Waals surface area contributed by atoms with Gasteiger partial charge in [0.1, 0.15) is 17.3 Å². The second-order valence-electron chi connectivity index (χ2n) is 4.14. The molecule has 1 heterocycles. The van der Waals surface area contributed by atoms with Crippen LogP contribution in [0.4, 0.5) is 15.8 Å². The molecular formula is C10H12ClFN4. The SMILES string of the molecule is CC1(C)Nc2cc(F)cc(Cl)c2N=C1NN. The number of hydrogen-bond acceptors (Lipinski definition) is 4. The van der Waals surface area contributed by atoms with Crippen LogP contribution in [0.5, 0.6) is 0 Å². The Kier molecular flexibility index (Phi) is 2.52. The number of benzene rings is 1. The quantitative estimate of drug-likeness (QED) is 0.483. The Balaban J connectivity index is 2.60. The normalized spacial score (nSPS) is 17.2. The van der Waals surface area contributed by atoms with Gasteiger partial charge in [0.2, 0.25) is 0 Å². The summed E-state index contributed by atoms with van der Waals surface area (Å²) in [6.45, 7) is 3.76. The van der Waals surface area contributed by atoms with Crippen molar-refractivity contribution in [1.29, 1.82) is 0 Å². The molecule has 0 saturated carbocycles. The number of nitrogens with two attached hydrogens (primary N) is 1. The van der Waals surface area contributed by atoms with Gasteiger partial charge in [0.05, 0.1) is 16.2 Å². The van der Waals surface area contributed by atoms with Crippen molar-refractivity contribution in [2.24, 2.45) is 10.8 Å². The molecule has 0 saturated heterocycles. The smallest absolute Gasteiger partial charge is 0.142 e. The van der Waals surface area contributed by atoms with Gasteiger partial charge in [-0.25, -0.2) is 15.2 Å². The molecule has 1 aromatic carbocycles. The van der Waals surface area contributed by atoms with Crippen molar-refractivity contribution in [3.05, 3.63) is 23.0 Å². The number of rotatable bonds is 0. The first kappa shape index (κ1) is 11.2. The van der Waals surface area contributed by atoms with Crippen LogP contribution in [-0.2, 0) is 0 Å². The number of nitrogens with one attached hydrogen (secondary N) is 2. The number of halogens is 2. The highest BCUT2D eigenvalue weighted by atomic mass is 35.5. The minimum atomic E-state index is -0.487. The number of aliphatic imine (C=N–C) groups is 1. The summed E-state index contributed by atoms with van der Waals surface area (Å²) < 4.78 is 13.2. The molecule has 16 heavy (non-hydrogen) atoms. The molecule has 0 atom stereocenters. The lowest BCUT2D eigenvalue weighted by Crippen LogP contribution is -2.51. The van der Waals surface area contributed by atoms with Crippen LogP contribution in [0.3, 0.4) is 0 Å². The van der Waals surface area contributed by atoms with E-state index in [4.69, 9.17) is 17.4 Å². The zero-order chi connectivity index (χ0) is 11.9. The molecule has 0 bridgehead atoms. The third kappa shape index (κ3) is 1.72. The molecule has 4 nitrogen and oxygen atoms in total. The summed E-state index contributed by atoms with van der Waals surface area (Å²) in [6, 6.07) is 2.58. The van der Waals surface area contributed by atoms with Gasteiger partial charge in [-0.2, -0.15) is 0 Å². The molecule has 1 aromatic rings. The second-order valence-corrected chi connectivity index (χ2v) is 4.55. The summed E-state index contributed by atoms with van der Waals surface area (Å²) in [7, 11) is 0. The van der Waals surface area contributed by atoms with Crippen LogP contribution in [0.25, 0.3) is 0 Å².